The Bertz CT molecular complexity index is 3560. The molecule has 4 heterocycles. The highest BCUT2D eigenvalue weighted by Gasteiger charge is 2.20. The highest BCUT2D eigenvalue weighted by Crippen LogP contribution is 2.44. The zero-order valence-corrected chi connectivity index (χ0v) is 31.7. The monoisotopic (exact) mass is 758 g/mol. The first-order valence-corrected chi connectivity index (χ1v) is 20.1. The van der Waals surface area contributed by atoms with E-state index in [1.165, 1.54) is 20.2 Å². The molecule has 12 aromatic rings. The van der Waals surface area contributed by atoms with Gasteiger partial charge in [-0.2, -0.15) is 0 Å². The summed E-state index contributed by atoms with van der Waals surface area (Å²) in [7, 11) is 0. The van der Waals surface area contributed by atoms with Crippen molar-refractivity contribution in [1.29, 1.82) is 0 Å². The molecule has 0 atom stereocenters. The van der Waals surface area contributed by atoms with E-state index < -0.39 is 0 Å². The molecule has 0 aliphatic rings. The second-order valence-corrected chi connectivity index (χ2v) is 15.6. The fourth-order valence-electron chi connectivity index (χ4n) is 8.39. The van der Waals surface area contributed by atoms with Crippen molar-refractivity contribution in [2.75, 3.05) is 0 Å². The van der Waals surface area contributed by atoms with E-state index in [1.54, 1.807) is 11.3 Å². The smallest absolute Gasteiger partial charge is 0.164 e. The van der Waals surface area contributed by atoms with Crippen LogP contribution in [0.4, 0.5) is 0 Å². The minimum atomic E-state index is 0.620. The average Bonchev–Trinajstić information content (AvgIpc) is 3.87. The van der Waals surface area contributed by atoms with Gasteiger partial charge in [0.25, 0.3) is 0 Å². The Hall–Kier alpha value is -7.54. The van der Waals surface area contributed by atoms with Crippen LogP contribution in [0.15, 0.2) is 186 Å². The van der Waals surface area contributed by atoms with Crippen molar-refractivity contribution in [2.45, 2.75) is 0 Å². The van der Waals surface area contributed by atoms with E-state index in [-0.39, 0.29) is 0 Å². The Labute approximate surface area is 336 Å². The lowest BCUT2D eigenvalue weighted by molar-refractivity contribution is 0.670. The number of aromatic nitrogens is 4. The van der Waals surface area contributed by atoms with Gasteiger partial charge >= 0.3 is 0 Å². The normalized spacial score (nSPS) is 11.8. The Morgan fingerprint density at radius 3 is 1.74 bits per heavy atom. The second kappa shape index (κ2) is 13.0. The number of fused-ring (bicyclic) bond motifs is 10. The van der Waals surface area contributed by atoms with Gasteiger partial charge in [-0.25, -0.2) is 19.9 Å². The first kappa shape index (κ1) is 32.7. The molecule has 8 aromatic carbocycles. The number of pyridine rings is 1. The van der Waals surface area contributed by atoms with Gasteiger partial charge in [0.05, 0.1) is 11.2 Å². The molecule has 0 aliphatic heterocycles. The van der Waals surface area contributed by atoms with Crippen molar-refractivity contribution in [1.82, 2.24) is 19.9 Å². The highest BCUT2D eigenvalue weighted by molar-refractivity contribution is 7.25. The molecule has 0 N–H and O–H groups in total. The number of furan rings is 1. The second-order valence-electron chi connectivity index (χ2n) is 14.5. The zero-order chi connectivity index (χ0) is 38.2. The summed E-state index contributed by atoms with van der Waals surface area (Å²) in [6, 6.07) is 63.1. The summed E-state index contributed by atoms with van der Waals surface area (Å²) in [4.78, 5) is 20.3. The van der Waals surface area contributed by atoms with E-state index in [4.69, 9.17) is 24.4 Å². The van der Waals surface area contributed by atoms with Gasteiger partial charge < -0.3 is 4.42 Å². The molecule has 5 nitrogen and oxygen atoms in total. The predicted octanol–water partition coefficient (Wildman–Crippen LogP) is 14.2. The Morgan fingerprint density at radius 2 is 0.948 bits per heavy atom. The van der Waals surface area contributed by atoms with E-state index in [1.807, 2.05) is 36.4 Å². The van der Waals surface area contributed by atoms with Crippen LogP contribution in [-0.4, -0.2) is 19.9 Å². The highest BCUT2D eigenvalue weighted by atomic mass is 32.1. The van der Waals surface area contributed by atoms with Gasteiger partial charge in [0.1, 0.15) is 11.2 Å². The van der Waals surface area contributed by atoms with Gasteiger partial charge in [-0.05, 0) is 35.9 Å². The number of hydrogen-bond acceptors (Lipinski definition) is 6. The maximum absolute atomic E-state index is 6.78. The molecule has 0 amide bonds. The number of nitrogens with zero attached hydrogens (tertiary/aromatic N) is 4. The molecule has 58 heavy (non-hydrogen) atoms. The fraction of sp³-hybridized carbons (Fsp3) is 0. The number of hydrogen-bond donors (Lipinski definition) is 0. The maximum Gasteiger partial charge on any atom is 0.164 e. The van der Waals surface area contributed by atoms with Crippen molar-refractivity contribution in [3.8, 4) is 56.5 Å². The molecule has 0 saturated heterocycles. The van der Waals surface area contributed by atoms with Crippen LogP contribution in [0.25, 0.3) is 120 Å². The van der Waals surface area contributed by atoms with Crippen molar-refractivity contribution in [3.05, 3.63) is 182 Å². The Kier molecular flexibility index (Phi) is 7.33. The van der Waals surface area contributed by atoms with Crippen LogP contribution < -0.4 is 0 Å². The first-order valence-electron chi connectivity index (χ1n) is 19.3. The minimum absolute atomic E-state index is 0.620. The van der Waals surface area contributed by atoms with Gasteiger partial charge in [0, 0.05) is 74.9 Å². The molecular formula is C52H30N4OS. The standard InChI is InChI=1S/C52H30N4OS/c1-3-12-32(13-4-1)48-40-28-29-43-47(46(40)39-17-7-9-20-42(39)53-48)41-19-11-18-36(49(41)57-43)31-22-24-34(25-23-31)51-54-50(33-14-5-2-6-15-33)55-52(56-51)35-26-27-38-37-16-8-10-21-44(37)58-45(38)30-35/h1-30H. The lowest BCUT2D eigenvalue weighted by Gasteiger charge is -2.11. The van der Waals surface area contributed by atoms with Crippen LogP contribution in [-0.2, 0) is 0 Å². The van der Waals surface area contributed by atoms with Crippen molar-refractivity contribution < 1.29 is 4.42 Å². The van der Waals surface area contributed by atoms with Crippen LogP contribution in [0.3, 0.4) is 0 Å². The summed E-state index contributed by atoms with van der Waals surface area (Å²) in [5, 5.41) is 8.04. The molecule has 270 valence electrons. The van der Waals surface area contributed by atoms with Gasteiger partial charge in [-0.15, -0.1) is 11.3 Å². The SMILES string of the molecule is c1ccc(-c2nc(-c3ccc(-c4cccc5c4oc4ccc6c(-c7ccccc7)nc7ccccc7c6c45)cc3)nc(-c3ccc4c(c3)sc3ccccc34)n2)cc1. The maximum atomic E-state index is 6.78. The van der Waals surface area contributed by atoms with E-state index in [0.29, 0.717) is 17.5 Å². The van der Waals surface area contributed by atoms with E-state index in [2.05, 4.69) is 146 Å². The molecule has 0 unspecified atom stereocenters. The largest absolute Gasteiger partial charge is 0.455 e. The van der Waals surface area contributed by atoms with Crippen molar-refractivity contribution in [2.24, 2.45) is 0 Å². The quantitative estimate of drug-likeness (QED) is 0.164. The molecule has 0 radical (unpaired) electrons. The lowest BCUT2D eigenvalue weighted by Crippen LogP contribution is -2.00. The summed E-state index contributed by atoms with van der Waals surface area (Å²) in [5.41, 5.74) is 9.58. The van der Waals surface area contributed by atoms with Gasteiger partial charge in [0.15, 0.2) is 17.5 Å². The van der Waals surface area contributed by atoms with Crippen LogP contribution in [0.1, 0.15) is 0 Å². The lowest BCUT2D eigenvalue weighted by atomic mass is 9.95. The van der Waals surface area contributed by atoms with Crippen LogP contribution in [0.2, 0.25) is 0 Å². The minimum Gasteiger partial charge on any atom is -0.455 e. The summed E-state index contributed by atoms with van der Waals surface area (Å²) in [6.07, 6.45) is 0. The number of rotatable bonds is 5. The summed E-state index contributed by atoms with van der Waals surface area (Å²) in [5.74, 6) is 1.90. The molecule has 0 aliphatic carbocycles. The van der Waals surface area contributed by atoms with Gasteiger partial charge in [-0.3, -0.25) is 0 Å². The first-order chi connectivity index (χ1) is 28.7. The molecule has 6 heteroatoms. The van der Waals surface area contributed by atoms with Crippen LogP contribution in [0.5, 0.6) is 0 Å². The van der Waals surface area contributed by atoms with E-state index in [0.717, 1.165) is 82.7 Å². The third-order valence-electron chi connectivity index (χ3n) is 11.1. The summed E-state index contributed by atoms with van der Waals surface area (Å²) >= 11 is 1.79. The number of thiophene rings is 1. The molecule has 0 fully saturated rings. The average molecular weight is 759 g/mol. The van der Waals surface area contributed by atoms with E-state index in [9.17, 15) is 0 Å². The van der Waals surface area contributed by atoms with E-state index >= 15 is 0 Å². The third kappa shape index (κ3) is 5.23. The zero-order valence-electron chi connectivity index (χ0n) is 30.9. The van der Waals surface area contributed by atoms with Gasteiger partial charge in [-0.1, -0.05) is 152 Å². The summed E-state index contributed by atoms with van der Waals surface area (Å²) < 4.78 is 9.26. The molecule has 0 saturated carbocycles. The third-order valence-corrected chi connectivity index (χ3v) is 12.3. The Balaban J connectivity index is 0.988. The summed E-state index contributed by atoms with van der Waals surface area (Å²) in [6.45, 7) is 0. The molecule has 0 bridgehead atoms. The molecule has 4 aromatic heterocycles. The van der Waals surface area contributed by atoms with Crippen molar-refractivity contribution in [3.63, 3.8) is 0 Å². The van der Waals surface area contributed by atoms with Gasteiger partial charge in [0.2, 0.25) is 0 Å². The Morgan fingerprint density at radius 1 is 0.362 bits per heavy atom. The van der Waals surface area contributed by atoms with Crippen LogP contribution in [0, 0.1) is 0 Å². The fourth-order valence-corrected chi connectivity index (χ4v) is 9.53. The van der Waals surface area contributed by atoms with Crippen LogP contribution >= 0.6 is 11.3 Å². The topological polar surface area (TPSA) is 64.7 Å². The molecule has 0 spiro atoms. The number of benzene rings is 8. The predicted molar refractivity (Wildman–Crippen MR) is 240 cm³/mol. The van der Waals surface area contributed by atoms with Crippen molar-refractivity contribution >= 4 is 75.1 Å². The molecule has 12 rings (SSSR count). The number of para-hydroxylation sites is 2. The molecular weight excluding hydrogens is 729 g/mol.